The van der Waals surface area contributed by atoms with Crippen LogP contribution in [0, 0.1) is 5.92 Å². The molecular formula is C26H22F6O8. The molecule has 0 amide bonds. The Bertz CT molecular complexity index is 1190. The van der Waals surface area contributed by atoms with Crippen molar-refractivity contribution < 1.29 is 65.1 Å². The molecular weight excluding hydrogens is 554 g/mol. The Hall–Kier alpha value is -4.49. The number of phenols is 2. The fourth-order valence-corrected chi connectivity index (χ4v) is 3.20. The second-order valence-electron chi connectivity index (χ2n) is 8.06. The molecule has 2 aromatic carbocycles. The predicted molar refractivity (Wildman–Crippen MR) is 127 cm³/mol. The molecule has 14 heteroatoms. The minimum absolute atomic E-state index is 0.0216. The maximum absolute atomic E-state index is 12.8. The molecule has 0 unspecified atom stereocenters. The van der Waals surface area contributed by atoms with Crippen molar-refractivity contribution in [1.82, 2.24) is 0 Å². The van der Waals surface area contributed by atoms with Gasteiger partial charge in [0.1, 0.15) is 0 Å². The minimum Gasteiger partial charge on any atom is -0.504 e. The molecule has 2 aromatic rings. The molecule has 0 saturated carbocycles. The number of aromatic hydroxyl groups is 2. The summed E-state index contributed by atoms with van der Waals surface area (Å²) in [5, 5.41) is 19.1. The average molecular weight is 576 g/mol. The minimum atomic E-state index is -5.08. The number of halogens is 6. The molecule has 0 heterocycles. The summed E-state index contributed by atoms with van der Waals surface area (Å²) >= 11 is 0. The molecule has 0 aliphatic rings. The highest BCUT2D eigenvalue weighted by Gasteiger charge is 2.33. The monoisotopic (exact) mass is 576 g/mol. The number of carbonyl (C=O) groups is 3. The van der Waals surface area contributed by atoms with Crippen molar-refractivity contribution >= 4 is 29.7 Å². The lowest BCUT2D eigenvalue weighted by Gasteiger charge is -2.12. The number of phenolic OH excluding ortho intramolecular Hbond substituents is 2. The van der Waals surface area contributed by atoms with Crippen LogP contribution in [0.1, 0.15) is 30.9 Å². The number of benzene rings is 2. The van der Waals surface area contributed by atoms with Crippen molar-refractivity contribution in [2.24, 2.45) is 5.92 Å². The number of hydrogen-bond acceptors (Lipinski definition) is 8. The molecule has 0 fully saturated rings. The van der Waals surface area contributed by atoms with E-state index in [2.05, 4.69) is 9.47 Å². The SMILES string of the molecule is CC(=O)OCCCC(C(=O)C=Cc1ccc(O)c(OC(F)(F)F)c1)C(=O)C=Cc1ccc(O)c(OC(F)(F)F)c1. The largest absolute Gasteiger partial charge is 0.573 e. The third-order valence-corrected chi connectivity index (χ3v) is 4.93. The van der Waals surface area contributed by atoms with Crippen LogP contribution in [0.5, 0.6) is 23.0 Å². The third-order valence-electron chi connectivity index (χ3n) is 4.93. The second-order valence-corrected chi connectivity index (χ2v) is 8.06. The van der Waals surface area contributed by atoms with E-state index >= 15 is 0 Å². The lowest BCUT2D eigenvalue weighted by atomic mass is 9.92. The summed E-state index contributed by atoms with van der Waals surface area (Å²) < 4.78 is 87.3. The zero-order valence-corrected chi connectivity index (χ0v) is 20.6. The number of rotatable bonds is 12. The number of ketones is 2. The molecule has 8 nitrogen and oxygen atoms in total. The van der Waals surface area contributed by atoms with E-state index in [0.29, 0.717) is 0 Å². The molecule has 0 atom stereocenters. The number of esters is 1. The molecule has 0 spiro atoms. The molecule has 40 heavy (non-hydrogen) atoms. The first-order valence-electron chi connectivity index (χ1n) is 11.3. The highest BCUT2D eigenvalue weighted by molar-refractivity contribution is 6.13. The number of ether oxygens (including phenoxy) is 3. The predicted octanol–water partition coefficient (Wildman–Crippen LogP) is 5.72. The van der Waals surface area contributed by atoms with Gasteiger partial charge >= 0.3 is 18.7 Å². The van der Waals surface area contributed by atoms with E-state index in [0.717, 1.165) is 55.5 Å². The molecule has 216 valence electrons. The van der Waals surface area contributed by atoms with Gasteiger partial charge in [0.2, 0.25) is 0 Å². The first kappa shape index (κ1) is 31.7. The summed E-state index contributed by atoms with van der Waals surface area (Å²) in [5.41, 5.74) is 0.0432. The van der Waals surface area contributed by atoms with Gasteiger partial charge in [-0.2, -0.15) is 0 Å². The van der Waals surface area contributed by atoms with Gasteiger partial charge in [0, 0.05) is 6.92 Å². The van der Waals surface area contributed by atoms with Gasteiger partial charge in [-0.1, -0.05) is 24.3 Å². The maximum atomic E-state index is 12.8. The van der Waals surface area contributed by atoms with Crippen LogP contribution in [0.4, 0.5) is 26.3 Å². The topological polar surface area (TPSA) is 119 Å². The van der Waals surface area contributed by atoms with Gasteiger partial charge in [-0.05, 0) is 60.4 Å². The molecule has 0 bridgehead atoms. The van der Waals surface area contributed by atoms with Gasteiger partial charge < -0.3 is 24.4 Å². The van der Waals surface area contributed by atoms with Crippen LogP contribution < -0.4 is 9.47 Å². The zero-order chi connectivity index (χ0) is 30.1. The lowest BCUT2D eigenvalue weighted by molar-refractivity contribution is -0.276. The Balaban J connectivity index is 2.25. The van der Waals surface area contributed by atoms with Crippen molar-refractivity contribution in [3.05, 3.63) is 59.7 Å². The summed E-state index contributed by atoms with van der Waals surface area (Å²) in [4.78, 5) is 36.7. The van der Waals surface area contributed by atoms with Crippen LogP contribution in [0.25, 0.3) is 12.2 Å². The first-order valence-corrected chi connectivity index (χ1v) is 11.3. The van der Waals surface area contributed by atoms with Crippen LogP contribution in [0.3, 0.4) is 0 Å². The highest BCUT2D eigenvalue weighted by atomic mass is 19.4. The Morgan fingerprint density at radius 1 is 0.800 bits per heavy atom. The van der Waals surface area contributed by atoms with Gasteiger partial charge in [-0.15, -0.1) is 26.3 Å². The van der Waals surface area contributed by atoms with E-state index in [9.17, 15) is 50.9 Å². The van der Waals surface area contributed by atoms with Crippen molar-refractivity contribution in [3.63, 3.8) is 0 Å². The molecule has 0 aliphatic heterocycles. The number of allylic oxidation sites excluding steroid dienone is 2. The second kappa shape index (κ2) is 13.5. The van der Waals surface area contributed by atoms with Crippen LogP contribution in [0.2, 0.25) is 0 Å². The zero-order valence-electron chi connectivity index (χ0n) is 20.6. The summed E-state index contributed by atoms with van der Waals surface area (Å²) in [6, 6.07) is 5.82. The number of carbonyl (C=O) groups excluding carboxylic acids is 3. The fourth-order valence-electron chi connectivity index (χ4n) is 3.20. The summed E-state index contributed by atoms with van der Waals surface area (Å²) in [6.07, 6.45) is -6.20. The molecule has 2 N–H and O–H groups in total. The average Bonchev–Trinajstić information content (AvgIpc) is 2.82. The van der Waals surface area contributed by atoms with Crippen molar-refractivity contribution in [2.75, 3.05) is 6.61 Å². The standard InChI is InChI=1S/C26H22F6O8/c1-15(33)38-12-2-3-18(19(34)8-4-16-6-10-21(36)23(13-16)39-25(27,28)29)20(35)9-5-17-7-11-22(37)24(14-17)40-26(30,31)32/h4-11,13-14,18,36-37H,2-3,12H2,1H3. The Kier molecular flexibility index (Phi) is 10.7. The first-order chi connectivity index (χ1) is 18.5. The van der Waals surface area contributed by atoms with E-state index in [1.54, 1.807) is 0 Å². The molecule has 0 radical (unpaired) electrons. The van der Waals surface area contributed by atoms with E-state index in [-0.39, 0.29) is 30.6 Å². The molecule has 0 aromatic heterocycles. The van der Waals surface area contributed by atoms with Crippen LogP contribution >= 0.6 is 0 Å². The molecule has 2 rings (SSSR count). The Labute approximate surface area is 223 Å². The number of alkyl halides is 6. The van der Waals surface area contributed by atoms with Gasteiger partial charge in [0.25, 0.3) is 0 Å². The molecule has 0 saturated heterocycles. The maximum Gasteiger partial charge on any atom is 0.573 e. The van der Waals surface area contributed by atoms with E-state index < -0.39 is 59.2 Å². The summed E-state index contributed by atoms with van der Waals surface area (Å²) in [6.45, 7) is 1.04. The van der Waals surface area contributed by atoms with Gasteiger partial charge in [0.05, 0.1) is 12.5 Å². The van der Waals surface area contributed by atoms with Crippen molar-refractivity contribution in [2.45, 2.75) is 32.5 Å². The smallest absolute Gasteiger partial charge is 0.504 e. The molecule has 0 aliphatic carbocycles. The Morgan fingerprint density at radius 2 is 1.23 bits per heavy atom. The highest BCUT2D eigenvalue weighted by Crippen LogP contribution is 2.33. The van der Waals surface area contributed by atoms with Crippen LogP contribution in [-0.2, 0) is 19.1 Å². The van der Waals surface area contributed by atoms with Gasteiger partial charge in [-0.25, -0.2) is 0 Å². The van der Waals surface area contributed by atoms with Gasteiger partial charge in [-0.3, -0.25) is 14.4 Å². The normalized spacial score (nSPS) is 12.9. The summed E-state index contributed by atoms with van der Waals surface area (Å²) in [7, 11) is 0. The van der Waals surface area contributed by atoms with Crippen LogP contribution in [-0.4, -0.2) is 47.1 Å². The van der Waals surface area contributed by atoms with Gasteiger partial charge in [0.15, 0.2) is 34.6 Å². The quantitative estimate of drug-likeness (QED) is 0.108. The summed E-state index contributed by atoms with van der Waals surface area (Å²) in [5.74, 6) is -6.95. The van der Waals surface area contributed by atoms with Crippen molar-refractivity contribution in [3.8, 4) is 23.0 Å². The van der Waals surface area contributed by atoms with E-state index in [1.165, 1.54) is 12.1 Å². The Morgan fingerprint density at radius 3 is 1.60 bits per heavy atom. The third kappa shape index (κ3) is 11.1. The van der Waals surface area contributed by atoms with Crippen LogP contribution in [0.15, 0.2) is 48.6 Å². The lowest BCUT2D eigenvalue weighted by Crippen LogP contribution is -2.22. The number of hydrogen-bond donors (Lipinski definition) is 2. The van der Waals surface area contributed by atoms with E-state index in [1.807, 2.05) is 0 Å². The fraction of sp³-hybridized carbons (Fsp3) is 0.269. The van der Waals surface area contributed by atoms with E-state index in [4.69, 9.17) is 4.74 Å². The van der Waals surface area contributed by atoms with Crippen molar-refractivity contribution in [1.29, 1.82) is 0 Å².